The summed E-state index contributed by atoms with van der Waals surface area (Å²) in [5.41, 5.74) is 4.89. The zero-order chi connectivity index (χ0) is 16.4. The third-order valence-electron chi connectivity index (χ3n) is 4.45. The first kappa shape index (κ1) is 14.5. The van der Waals surface area contributed by atoms with Crippen LogP contribution in [0.1, 0.15) is 0 Å². The summed E-state index contributed by atoms with van der Waals surface area (Å²) in [6, 6.07) is 34.2. The molecule has 4 rings (SSSR count). The maximum atomic E-state index is 2.29. The van der Waals surface area contributed by atoms with Gasteiger partial charge in [0.05, 0.1) is 0 Å². The molecule has 0 aliphatic rings. The van der Waals surface area contributed by atoms with E-state index in [1.54, 1.807) is 0 Å². The van der Waals surface area contributed by atoms with Gasteiger partial charge in [-0.1, -0.05) is 72.8 Å². The second-order valence-corrected chi connectivity index (χ2v) is 5.98. The average Bonchev–Trinajstić information content (AvgIpc) is 2.68. The second kappa shape index (κ2) is 6.21. The number of hydrogen-bond acceptors (Lipinski definition) is 1. The van der Waals surface area contributed by atoms with Crippen molar-refractivity contribution in [3.63, 3.8) is 0 Å². The molecule has 0 atom stereocenters. The van der Waals surface area contributed by atoms with Gasteiger partial charge in [0, 0.05) is 24.0 Å². The van der Waals surface area contributed by atoms with E-state index in [1.165, 1.54) is 33.3 Å². The van der Waals surface area contributed by atoms with Gasteiger partial charge in [-0.25, -0.2) is 0 Å². The van der Waals surface area contributed by atoms with Crippen LogP contribution in [0.2, 0.25) is 0 Å². The van der Waals surface area contributed by atoms with E-state index < -0.39 is 0 Å². The smallest absolute Gasteiger partial charge is 0.0494 e. The Kier molecular flexibility index (Phi) is 3.76. The highest BCUT2D eigenvalue weighted by Crippen LogP contribution is 2.37. The van der Waals surface area contributed by atoms with E-state index in [2.05, 4.69) is 109 Å². The van der Waals surface area contributed by atoms with Crippen molar-refractivity contribution in [2.24, 2.45) is 0 Å². The molecule has 0 aliphatic heterocycles. The van der Waals surface area contributed by atoms with E-state index in [9.17, 15) is 0 Å². The lowest BCUT2D eigenvalue weighted by atomic mass is 9.98. The molecule has 0 aliphatic carbocycles. The molecule has 116 valence electrons. The average molecular weight is 309 g/mol. The van der Waals surface area contributed by atoms with Gasteiger partial charge >= 0.3 is 0 Å². The molecule has 0 bridgehead atoms. The molecule has 0 spiro atoms. The molecule has 0 fully saturated rings. The fraction of sp³-hybridized carbons (Fsp3) is 0.0435. The Balaban J connectivity index is 1.95. The molecule has 0 aromatic heterocycles. The maximum Gasteiger partial charge on any atom is 0.0494 e. The SMILES string of the molecule is CN(c1ccccc1)c1cc2ccccc2cc1-c1ccccc1. The largest absolute Gasteiger partial charge is 0.344 e. The minimum absolute atomic E-state index is 1.19. The van der Waals surface area contributed by atoms with Crippen molar-refractivity contribution in [3.05, 3.63) is 97.1 Å². The lowest BCUT2D eigenvalue weighted by Gasteiger charge is -2.24. The third-order valence-corrected chi connectivity index (χ3v) is 4.45. The number of fused-ring (bicyclic) bond motifs is 1. The van der Waals surface area contributed by atoms with E-state index in [0.717, 1.165) is 0 Å². The molecule has 0 unspecified atom stereocenters. The van der Waals surface area contributed by atoms with Crippen molar-refractivity contribution in [1.82, 2.24) is 0 Å². The molecule has 1 nitrogen and oxygen atoms in total. The van der Waals surface area contributed by atoms with Crippen LogP contribution in [0, 0.1) is 0 Å². The lowest BCUT2D eigenvalue weighted by molar-refractivity contribution is 1.21. The highest BCUT2D eigenvalue weighted by Gasteiger charge is 2.12. The van der Waals surface area contributed by atoms with Gasteiger partial charge in [-0.2, -0.15) is 0 Å². The van der Waals surface area contributed by atoms with Gasteiger partial charge in [0.1, 0.15) is 0 Å². The van der Waals surface area contributed by atoms with Gasteiger partial charge in [0.15, 0.2) is 0 Å². The number of benzene rings is 4. The number of anilines is 2. The van der Waals surface area contributed by atoms with E-state index in [-0.39, 0.29) is 0 Å². The van der Waals surface area contributed by atoms with Crippen LogP contribution >= 0.6 is 0 Å². The molecule has 0 radical (unpaired) electrons. The van der Waals surface area contributed by atoms with Crippen LogP contribution in [0.5, 0.6) is 0 Å². The van der Waals surface area contributed by atoms with Crippen molar-refractivity contribution < 1.29 is 0 Å². The number of rotatable bonds is 3. The summed E-state index contributed by atoms with van der Waals surface area (Å²) in [5, 5.41) is 2.52. The summed E-state index contributed by atoms with van der Waals surface area (Å²) < 4.78 is 0. The lowest BCUT2D eigenvalue weighted by Crippen LogP contribution is -2.10. The zero-order valence-corrected chi connectivity index (χ0v) is 13.7. The number of hydrogen-bond donors (Lipinski definition) is 0. The second-order valence-electron chi connectivity index (χ2n) is 5.98. The summed E-state index contributed by atoms with van der Waals surface area (Å²) >= 11 is 0. The van der Waals surface area contributed by atoms with Crippen molar-refractivity contribution in [2.45, 2.75) is 0 Å². The van der Waals surface area contributed by atoms with Crippen LogP contribution in [0.3, 0.4) is 0 Å². The minimum atomic E-state index is 1.19. The van der Waals surface area contributed by atoms with Gasteiger partial charge in [-0.05, 0) is 40.6 Å². The van der Waals surface area contributed by atoms with Crippen molar-refractivity contribution >= 4 is 22.1 Å². The highest BCUT2D eigenvalue weighted by atomic mass is 15.1. The maximum absolute atomic E-state index is 2.29. The molecule has 0 saturated heterocycles. The summed E-state index contributed by atoms with van der Waals surface area (Å²) in [6.07, 6.45) is 0. The predicted octanol–water partition coefficient (Wildman–Crippen LogP) is 6.27. The Bertz CT molecular complexity index is 959. The van der Waals surface area contributed by atoms with Gasteiger partial charge in [-0.15, -0.1) is 0 Å². The van der Waals surface area contributed by atoms with Gasteiger partial charge in [0.2, 0.25) is 0 Å². The van der Waals surface area contributed by atoms with Crippen molar-refractivity contribution in [1.29, 1.82) is 0 Å². The van der Waals surface area contributed by atoms with E-state index in [4.69, 9.17) is 0 Å². The Morgan fingerprint density at radius 1 is 0.583 bits per heavy atom. The van der Waals surface area contributed by atoms with Crippen molar-refractivity contribution in [2.75, 3.05) is 11.9 Å². The third kappa shape index (κ3) is 2.65. The molecular formula is C23H19N. The van der Waals surface area contributed by atoms with Crippen molar-refractivity contribution in [3.8, 4) is 11.1 Å². The highest BCUT2D eigenvalue weighted by molar-refractivity contribution is 5.95. The van der Waals surface area contributed by atoms with E-state index in [1.807, 2.05) is 0 Å². The Labute approximate surface area is 142 Å². The topological polar surface area (TPSA) is 3.24 Å². The summed E-state index contributed by atoms with van der Waals surface area (Å²) in [5.74, 6) is 0. The van der Waals surface area contributed by atoms with Gasteiger partial charge in [-0.3, -0.25) is 0 Å². The fourth-order valence-corrected chi connectivity index (χ4v) is 3.15. The molecule has 24 heavy (non-hydrogen) atoms. The molecule has 0 heterocycles. The molecule has 4 aromatic carbocycles. The van der Waals surface area contributed by atoms with Gasteiger partial charge < -0.3 is 4.90 Å². The van der Waals surface area contributed by atoms with E-state index in [0.29, 0.717) is 0 Å². The predicted molar refractivity (Wildman–Crippen MR) is 104 cm³/mol. The number of para-hydroxylation sites is 1. The fourth-order valence-electron chi connectivity index (χ4n) is 3.15. The molecule has 4 aromatic rings. The van der Waals surface area contributed by atoms with Crippen LogP contribution in [0.4, 0.5) is 11.4 Å². The standard InChI is InChI=1S/C23H19N/c1-24(21-14-6-3-7-15-21)23-17-20-13-9-8-12-19(20)16-22(23)18-10-4-2-5-11-18/h2-17H,1H3. The molecule has 0 N–H and O–H groups in total. The summed E-state index contributed by atoms with van der Waals surface area (Å²) in [7, 11) is 2.13. The summed E-state index contributed by atoms with van der Waals surface area (Å²) in [4.78, 5) is 2.26. The quantitative estimate of drug-likeness (QED) is 0.431. The molecule has 1 heteroatoms. The zero-order valence-electron chi connectivity index (χ0n) is 13.7. The van der Waals surface area contributed by atoms with Crippen LogP contribution in [0.15, 0.2) is 97.1 Å². The Morgan fingerprint density at radius 2 is 1.12 bits per heavy atom. The summed E-state index contributed by atoms with van der Waals surface area (Å²) in [6.45, 7) is 0. The number of nitrogens with zero attached hydrogens (tertiary/aromatic N) is 1. The monoisotopic (exact) mass is 309 g/mol. The first-order valence-corrected chi connectivity index (χ1v) is 8.20. The normalized spacial score (nSPS) is 10.7. The van der Waals surface area contributed by atoms with Crippen LogP contribution in [-0.2, 0) is 0 Å². The molecular weight excluding hydrogens is 290 g/mol. The van der Waals surface area contributed by atoms with Crippen LogP contribution < -0.4 is 4.90 Å². The first-order valence-electron chi connectivity index (χ1n) is 8.20. The minimum Gasteiger partial charge on any atom is -0.344 e. The first-order chi connectivity index (χ1) is 11.8. The van der Waals surface area contributed by atoms with E-state index >= 15 is 0 Å². The Hall–Kier alpha value is -3.06. The Morgan fingerprint density at radius 3 is 1.79 bits per heavy atom. The van der Waals surface area contributed by atoms with Crippen LogP contribution in [-0.4, -0.2) is 7.05 Å². The van der Waals surface area contributed by atoms with Crippen LogP contribution in [0.25, 0.3) is 21.9 Å². The van der Waals surface area contributed by atoms with Gasteiger partial charge in [0.25, 0.3) is 0 Å². The molecule has 0 amide bonds. The molecule has 0 saturated carbocycles.